The number of benzene rings is 2. The zero-order valence-electron chi connectivity index (χ0n) is 28.4. The standard InChI is InChI=1S/C35H56O7Si2/c1-11-40-33(39)29-24(2)31(37)32(38)30(27(29)22-41-43(9,10)34(3,4)5)28(36)23-42-44(35(6,7)8,25-18-14-12-15-19-25)26-20-16-13-17-21-26/h12-21,24,27-32,36-38H,11,22-23H2,1-10H3/t24-,27-,28+,29+,30+,31-,32-/m0/s1. The van der Waals surface area contributed by atoms with Gasteiger partial charge in [0, 0.05) is 18.4 Å². The Labute approximate surface area is 267 Å². The van der Waals surface area contributed by atoms with Gasteiger partial charge in [-0.3, -0.25) is 4.79 Å². The average molecular weight is 645 g/mol. The van der Waals surface area contributed by atoms with E-state index in [9.17, 15) is 20.1 Å². The van der Waals surface area contributed by atoms with Crippen LogP contribution >= 0.6 is 0 Å². The predicted octanol–water partition coefficient (Wildman–Crippen LogP) is 4.73. The third kappa shape index (κ3) is 7.40. The molecule has 0 radical (unpaired) electrons. The molecule has 2 aromatic carbocycles. The second-order valence-electron chi connectivity index (χ2n) is 15.0. The van der Waals surface area contributed by atoms with Gasteiger partial charge < -0.3 is 28.9 Å². The van der Waals surface area contributed by atoms with Crippen molar-refractivity contribution in [3.05, 3.63) is 60.7 Å². The molecular weight excluding hydrogens is 589 g/mol. The van der Waals surface area contributed by atoms with Crippen molar-refractivity contribution in [2.24, 2.45) is 23.7 Å². The van der Waals surface area contributed by atoms with E-state index in [1.165, 1.54) is 0 Å². The maximum Gasteiger partial charge on any atom is 0.309 e. The lowest BCUT2D eigenvalue weighted by atomic mass is 9.63. The van der Waals surface area contributed by atoms with Crippen LogP contribution in [0, 0.1) is 23.7 Å². The molecule has 0 heterocycles. The van der Waals surface area contributed by atoms with E-state index in [2.05, 4.69) is 78.9 Å². The smallest absolute Gasteiger partial charge is 0.309 e. The molecular formula is C35H56O7Si2. The highest BCUT2D eigenvalue weighted by molar-refractivity contribution is 6.99. The molecule has 0 bridgehead atoms. The molecule has 0 unspecified atom stereocenters. The number of aliphatic hydroxyl groups excluding tert-OH is 3. The van der Waals surface area contributed by atoms with E-state index in [0.717, 1.165) is 10.4 Å². The van der Waals surface area contributed by atoms with Crippen molar-refractivity contribution < 1.29 is 33.7 Å². The van der Waals surface area contributed by atoms with E-state index < -0.39 is 64.6 Å². The second-order valence-corrected chi connectivity index (χ2v) is 24.1. The third-order valence-corrected chi connectivity index (χ3v) is 19.6. The number of hydrogen-bond acceptors (Lipinski definition) is 7. The SMILES string of the molecule is CCOC(=O)[C@@H]1[C@H](C)[C@H](O)[C@@H](O)[C@@H]([C@H](O)CO[Si](c2ccccc2)(c2ccccc2)C(C)(C)C)[C@H]1CO[Si](C)(C)C(C)(C)C. The van der Waals surface area contributed by atoms with Gasteiger partial charge in [-0.15, -0.1) is 0 Å². The van der Waals surface area contributed by atoms with E-state index in [0.29, 0.717) is 0 Å². The van der Waals surface area contributed by atoms with Crippen LogP contribution in [0.5, 0.6) is 0 Å². The predicted molar refractivity (Wildman–Crippen MR) is 181 cm³/mol. The van der Waals surface area contributed by atoms with Gasteiger partial charge in [0.1, 0.15) is 0 Å². The summed E-state index contributed by atoms with van der Waals surface area (Å²) in [7, 11) is -5.26. The molecule has 0 aliphatic heterocycles. The van der Waals surface area contributed by atoms with Gasteiger partial charge in [-0.2, -0.15) is 0 Å². The first-order valence-electron chi connectivity index (χ1n) is 16.0. The molecule has 44 heavy (non-hydrogen) atoms. The maximum atomic E-state index is 13.4. The van der Waals surface area contributed by atoms with Crippen LogP contribution in [0.15, 0.2) is 60.7 Å². The molecule has 7 atom stereocenters. The van der Waals surface area contributed by atoms with Gasteiger partial charge in [-0.1, -0.05) is 109 Å². The minimum Gasteiger partial charge on any atom is -0.466 e. The molecule has 0 aromatic heterocycles. The Kier molecular flexibility index (Phi) is 11.9. The minimum absolute atomic E-state index is 0.0780. The largest absolute Gasteiger partial charge is 0.466 e. The highest BCUT2D eigenvalue weighted by Gasteiger charge is 2.56. The summed E-state index contributed by atoms with van der Waals surface area (Å²) in [5.41, 5.74) is 0. The summed E-state index contributed by atoms with van der Waals surface area (Å²) in [6.07, 6.45) is -3.68. The van der Waals surface area contributed by atoms with Gasteiger partial charge >= 0.3 is 5.97 Å². The first kappa shape index (κ1) is 36.6. The number of hydrogen-bond donors (Lipinski definition) is 3. The molecule has 7 nitrogen and oxygen atoms in total. The number of aliphatic hydroxyl groups is 3. The Balaban J connectivity index is 2.07. The molecule has 0 saturated heterocycles. The summed E-state index contributed by atoms with van der Waals surface area (Å²) < 4.78 is 19.2. The molecule has 2 aromatic rings. The molecule has 9 heteroatoms. The van der Waals surface area contributed by atoms with Gasteiger partial charge in [0.05, 0.1) is 37.4 Å². The van der Waals surface area contributed by atoms with Crippen LogP contribution in [0.2, 0.25) is 23.2 Å². The van der Waals surface area contributed by atoms with Crippen molar-refractivity contribution in [1.82, 2.24) is 0 Å². The van der Waals surface area contributed by atoms with Gasteiger partial charge in [0.2, 0.25) is 0 Å². The van der Waals surface area contributed by atoms with Crippen LogP contribution in [0.25, 0.3) is 0 Å². The summed E-state index contributed by atoms with van der Waals surface area (Å²) in [6.45, 7) is 21.0. The Morgan fingerprint density at radius 2 is 1.34 bits per heavy atom. The van der Waals surface area contributed by atoms with Crippen LogP contribution < -0.4 is 10.4 Å². The van der Waals surface area contributed by atoms with E-state index in [4.69, 9.17) is 13.6 Å². The van der Waals surface area contributed by atoms with Crippen LogP contribution in [-0.2, 0) is 18.4 Å². The van der Waals surface area contributed by atoms with E-state index in [1.54, 1.807) is 13.8 Å². The van der Waals surface area contributed by atoms with E-state index in [-0.39, 0.29) is 29.9 Å². The third-order valence-electron chi connectivity index (χ3n) is 10.1. The molecule has 0 spiro atoms. The van der Waals surface area contributed by atoms with Gasteiger partial charge in [-0.05, 0) is 46.4 Å². The van der Waals surface area contributed by atoms with Crippen LogP contribution in [0.4, 0.5) is 0 Å². The minimum atomic E-state index is -3.00. The van der Waals surface area contributed by atoms with E-state index in [1.807, 2.05) is 36.4 Å². The number of esters is 1. The van der Waals surface area contributed by atoms with Gasteiger partial charge in [0.25, 0.3) is 8.32 Å². The Hall–Kier alpha value is -1.86. The Morgan fingerprint density at radius 3 is 1.77 bits per heavy atom. The van der Waals surface area contributed by atoms with Gasteiger partial charge in [0.15, 0.2) is 8.32 Å². The molecule has 1 aliphatic carbocycles. The molecule has 1 aliphatic rings. The normalized spacial score (nSPS) is 25.8. The van der Waals surface area contributed by atoms with Crippen molar-refractivity contribution in [3.63, 3.8) is 0 Å². The summed E-state index contributed by atoms with van der Waals surface area (Å²) in [4.78, 5) is 13.4. The Bertz CT molecular complexity index is 1150. The topological polar surface area (TPSA) is 105 Å². The van der Waals surface area contributed by atoms with Crippen molar-refractivity contribution >= 4 is 33.0 Å². The van der Waals surface area contributed by atoms with Gasteiger partial charge in [-0.25, -0.2) is 0 Å². The fraction of sp³-hybridized carbons (Fsp3) is 0.629. The summed E-state index contributed by atoms with van der Waals surface area (Å²) in [6, 6.07) is 20.3. The molecule has 1 saturated carbocycles. The molecule has 3 rings (SSSR count). The quantitative estimate of drug-likeness (QED) is 0.240. The van der Waals surface area contributed by atoms with Crippen molar-refractivity contribution in [3.8, 4) is 0 Å². The highest BCUT2D eigenvalue weighted by atomic mass is 28.4. The lowest BCUT2D eigenvalue weighted by Crippen LogP contribution is -2.67. The number of carbonyl (C=O) groups is 1. The maximum absolute atomic E-state index is 13.4. The summed E-state index contributed by atoms with van der Waals surface area (Å²) >= 11 is 0. The first-order valence-corrected chi connectivity index (χ1v) is 20.8. The Morgan fingerprint density at radius 1 is 0.841 bits per heavy atom. The van der Waals surface area contributed by atoms with E-state index >= 15 is 0 Å². The highest BCUT2D eigenvalue weighted by Crippen LogP contribution is 2.45. The summed E-state index contributed by atoms with van der Waals surface area (Å²) in [5.74, 6) is -3.25. The zero-order chi connectivity index (χ0) is 33.1. The summed E-state index contributed by atoms with van der Waals surface area (Å²) in [5, 5.41) is 36.5. The molecule has 246 valence electrons. The molecule has 0 amide bonds. The van der Waals surface area contributed by atoms with Crippen LogP contribution in [0.3, 0.4) is 0 Å². The fourth-order valence-corrected chi connectivity index (χ4v) is 12.2. The van der Waals surface area contributed by atoms with Crippen molar-refractivity contribution in [2.45, 2.75) is 96.9 Å². The second kappa shape index (κ2) is 14.3. The number of carbonyl (C=O) groups excluding carboxylic acids is 1. The number of ether oxygens (including phenoxy) is 1. The molecule has 1 fully saturated rings. The first-order chi connectivity index (χ1) is 20.4. The number of rotatable bonds is 11. The fourth-order valence-electron chi connectivity index (χ4n) is 6.59. The lowest BCUT2D eigenvalue weighted by molar-refractivity contribution is -0.186. The van der Waals surface area contributed by atoms with Crippen LogP contribution in [0.1, 0.15) is 55.4 Å². The lowest BCUT2D eigenvalue weighted by Gasteiger charge is -2.49. The molecule has 3 N–H and O–H groups in total. The van der Waals surface area contributed by atoms with Crippen molar-refractivity contribution in [2.75, 3.05) is 19.8 Å². The monoisotopic (exact) mass is 644 g/mol. The van der Waals surface area contributed by atoms with Crippen LogP contribution in [-0.4, -0.2) is 76.1 Å². The zero-order valence-corrected chi connectivity index (χ0v) is 30.4. The average Bonchev–Trinajstić information content (AvgIpc) is 2.95. The van der Waals surface area contributed by atoms with Crippen molar-refractivity contribution in [1.29, 1.82) is 0 Å².